The summed E-state index contributed by atoms with van der Waals surface area (Å²) >= 11 is 0. The summed E-state index contributed by atoms with van der Waals surface area (Å²) in [4.78, 5) is 11.2. The molecule has 0 aliphatic rings. The predicted molar refractivity (Wildman–Crippen MR) is 59.5 cm³/mol. The Kier molecular flexibility index (Phi) is 5.21. The van der Waals surface area contributed by atoms with Crippen molar-refractivity contribution in [3.05, 3.63) is 17.8 Å². The molecule has 0 fully saturated rings. The van der Waals surface area contributed by atoms with Gasteiger partial charge in [-0.15, -0.1) is 10.2 Å². The third-order valence-electron chi connectivity index (χ3n) is 1.88. The molecule has 88 valence electrons. The van der Waals surface area contributed by atoms with Gasteiger partial charge in [0.1, 0.15) is 6.61 Å². The molecule has 1 heterocycles. The highest BCUT2D eigenvalue weighted by Gasteiger charge is 2.05. The van der Waals surface area contributed by atoms with Crippen LogP contribution in [0.3, 0.4) is 0 Å². The van der Waals surface area contributed by atoms with Gasteiger partial charge in [0.2, 0.25) is 5.88 Å². The lowest BCUT2D eigenvalue weighted by molar-refractivity contribution is 0.0957. The van der Waals surface area contributed by atoms with Gasteiger partial charge in [-0.1, -0.05) is 6.92 Å². The Bertz CT molecular complexity index is 326. The fraction of sp³-hybridized carbons (Fsp3) is 0.500. The van der Waals surface area contributed by atoms with Crippen LogP contribution in [0.4, 0.5) is 0 Å². The van der Waals surface area contributed by atoms with Crippen LogP contribution in [0.15, 0.2) is 12.1 Å². The van der Waals surface area contributed by atoms with E-state index in [1.807, 2.05) is 6.92 Å². The van der Waals surface area contributed by atoms with E-state index in [1.54, 1.807) is 19.2 Å². The number of likely N-dealkylation sites (N-methyl/N-ethyl adjacent to an activating group) is 1. The number of aromatic nitrogens is 2. The molecule has 1 aromatic rings. The normalized spacial score (nSPS) is 9.88. The first-order valence-electron chi connectivity index (χ1n) is 5.17. The van der Waals surface area contributed by atoms with Gasteiger partial charge in [0.25, 0.3) is 5.91 Å². The zero-order chi connectivity index (χ0) is 11.8. The van der Waals surface area contributed by atoms with Crippen molar-refractivity contribution < 1.29 is 9.53 Å². The predicted octanol–water partition coefficient (Wildman–Crippen LogP) is -0.176. The first-order chi connectivity index (χ1) is 7.77. The van der Waals surface area contributed by atoms with Crippen LogP contribution in [0.1, 0.15) is 17.4 Å². The van der Waals surface area contributed by atoms with Gasteiger partial charge < -0.3 is 15.4 Å². The summed E-state index contributed by atoms with van der Waals surface area (Å²) in [6.45, 7) is 4.22. The number of carbonyl (C=O) groups excluding carboxylic acids is 1. The van der Waals surface area contributed by atoms with E-state index in [-0.39, 0.29) is 11.6 Å². The van der Waals surface area contributed by atoms with Crippen molar-refractivity contribution in [3.8, 4) is 5.88 Å². The van der Waals surface area contributed by atoms with Crippen LogP contribution in [0.25, 0.3) is 0 Å². The Morgan fingerprint density at radius 2 is 2.25 bits per heavy atom. The third-order valence-corrected chi connectivity index (χ3v) is 1.88. The van der Waals surface area contributed by atoms with Crippen LogP contribution < -0.4 is 15.4 Å². The SMILES string of the molecule is CCNCCOc1ccc(C(=O)NC)nn1. The monoisotopic (exact) mass is 224 g/mol. The summed E-state index contributed by atoms with van der Waals surface area (Å²) in [5.41, 5.74) is 0.279. The lowest BCUT2D eigenvalue weighted by Crippen LogP contribution is -2.21. The number of nitrogens with one attached hydrogen (secondary N) is 2. The highest BCUT2D eigenvalue weighted by atomic mass is 16.5. The van der Waals surface area contributed by atoms with Crippen LogP contribution in [-0.2, 0) is 0 Å². The molecule has 0 saturated heterocycles. The minimum absolute atomic E-state index is 0.258. The number of nitrogens with zero attached hydrogens (tertiary/aromatic N) is 2. The van der Waals surface area contributed by atoms with Crippen molar-refractivity contribution in [3.63, 3.8) is 0 Å². The molecule has 1 aromatic heterocycles. The van der Waals surface area contributed by atoms with Crippen molar-refractivity contribution >= 4 is 5.91 Å². The Balaban J connectivity index is 2.42. The molecule has 0 spiro atoms. The average molecular weight is 224 g/mol. The van der Waals surface area contributed by atoms with Gasteiger partial charge in [-0.3, -0.25) is 4.79 Å². The molecule has 2 N–H and O–H groups in total. The maximum absolute atomic E-state index is 11.2. The summed E-state index contributed by atoms with van der Waals surface area (Å²) in [6, 6.07) is 3.21. The van der Waals surface area contributed by atoms with Crippen molar-refractivity contribution in [2.75, 3.05) is 26.7 Å². The average Bonchev–Trinajstić information content (AvgIpc) is 2.34. The molecule has 0 aliphatic heterocycles. The van der Waals surface area contributed by atoms with Crippen LogP contribution >= 0.6 is 0 Å². The van der Waals surface area contributed by atoms with Crippen molar-refractivity contribution in [2.45, 2.75) is 6.92 Å². The molecule has 0 atom stereocenters. The number of ether oxygens (including phenoxy) is 1. The largest absolute Gasteiger partial charge is 0.475 e. The Morgan fingerprint density at radius 1 is 1.44 bits per heavy atom. The summed E-state index contributed by atoms with van der Waals surface area (Å²) < 4.78 is 5.31. The second-order valence-corrected chi connectivity index (χ2v) is 3.04. The Hall–Kier alpha value is -1.69. The van der Waals surface area contributed by atoms with E-state index < -0.39 is 0 Å². The van der Waals surface area contributed by atoms with Gasteiger partial charge in [0.05, 0.1) is 0 Å². The standard InChI is InChI=1S/C10H16N4O2/c1-3-12-6-7-16-9-5-4-8(13-14-9)10(15)11-2/h4-5,12H,3,6-7H2,1-2H3,(H,11,15). The van der Waals surface area contributed by atoms with Crippen molar-refractivity contribution in [2.24, 2.45) is 0 Å². The maximum Gasteiger partial charge on any atom is 0.271 e. The number of hydrogen-bond acceptors (Lipinski definition) is 5. The molecule has 1 rings (SSSR count). The molecule has 0 radical (unpaired) electrons. The fourth-order valence-electron chi connectivity index (χ4n) is 1.05. The van der Waals surface area contributed by atoms with Gasteiger partial charge in [-0.2, -0.15) is 0 Å². The van der Waals surface area contributed by atoms with E-state index in [4.69, 9.17) is 4.74 Å². The minimum Gasteiger partial charge on any atom is -0.475 e. The van der Waals surface area contributed by atoms with Gasteiger partial charge in [0.15, 0.2) is 5.69 Å². The Morgan fingerprint density at radius 3 is 2.81 bits per heavy atom. The first kappa shape index (κ1) is 12.4. The molecule has 0 saturated carbocycles. The second kappa shape index (κ2) is 6.73. The van der Waals surface area contributed by atoms with E-state index in [0.717, 1.165) is 13.1 Å². The molecule has 6 heteroatoms. The van der Waals surface area contributed by atoms with Crippen LogP contribution in [0.5, 0.6) is 5.88 Å². The van der Waals surface area contributed by atoms with E-state index >= 15 is 0 Å². The van der Waals surface area contributed by atoms with E-state index in [2.05, 4.69) is 20.8 Å². The van der Waals surface area contributed by atoms with Gasteiger partial charge in [-0.05, 0) is 12.6 Å². The third kappa shape index (κ3) is 3.82. The van der Waals surface area contributed by atoms with E-state index in [9.17, 15) is 4.79 Å². The van der Waals surface area contributed by atoms with Gasteiger partial charge in [-0.25, -0.2) is 0 Å². The van der Waals surface area contributed by atoms with Crippen LogP contribution in [-0.4, -0.2) is 42.8 Å². The summed E-state index contributed by atoms with van der Waals surface area (Å²) in [5.74, 6) is 0.164. The molecule has 0 aromatic carbocycles. The first-order valence-corrected chi connectivity index (χ1v) is 5.17. The van der Waals surface area contributed by atoms with Crippen molar-refractivity contribution in [1.82, 2.24) is 20.8 Å². The molecule has 0 aliphatic carbocycles. The summed E-state index contributed by atoms with van der Waals surface area (Å²) in [6.07, 6.45) is 0. The fourth-order valence-corrected chi connectivity index (χ4v) is 1.05. The minimum atomic E-state index is -0.258. The maximum atomic E-state index is 11.2. The number of carbonyl (C=O) groups is 1. The summed E-state index contributed by atoms with van der Waals surface area (Å²) in [7, 11) is 1.55. The van der Waals surface area contributed by atoms with Gasteiger partial charge >= 0.3 is 0 Å². The van der Waals surface area contributed by atoms with E-state index in [1.165, 1.54) is 0 Å². The quantitative estimate of drug-likeness (QED) is 0.656. The van der Waals surface area contributed by atoms with E-state index in [0.29, 0.717) is 12.5 Å². The molecular weight excluding hydrogens is 208 g/mol. The summed E-state index contributed by atoms with van der Waals surface area (Å²) in [5, 5.41) is 13.1. The molecule has 0 bridgehead atoms. The smallest absolute Gasteiger partial charge is 0.271 e. The highest BCUT2D eigenvalue weighted by Crippen LogP contribution is 2.04. The molecular formula is C10H16N4O2. The number of amides is 1. The lowest BCUT2D eigenvalue weighted by Gasteiger charge is -2.05. The molecule has 0 unspecified atom stereocenters. The van der Waals surface area contributed by atoms with Gasteiger partial charge in [0, 0.05) is 19.7 Å². The molecule has 16 heavy (non-hydrogen) atoms. The lowest BCUT2D eigenvalue weighted by atomic mass is 10.4. The number of rotatable bonds is 6. The topological polar surface area (TPSA) is 76.1 Å². The highest BCUT2D eigenvalue weighted by molar-refractivity contribution is 5.91. The molecule has 6 nitrogen and oxygen atoms in total. The van der Waals surface area contributed by atoms with Crippen molar-refractivity contribution in [1.29, 1.82) is 0 Å². The van der Waals surface area contributed by atoms with Crippen LogP contribution in [0.2, 0.25) is 0 Å². The zero-order valence-corrected chi connectivity index (χ0v) is 9.49. The molecule has 1 amide bonds. The van der Waals surface area contributed by atoms with Crippen LogP contribution in [0, 0.1) is 0 Å². The Labute approximate surface area is 94.4 Å². The second-order valence-electron chi connectivity index (χ2n) is 3.04. The zero-order valence-electron chi connectivity index (χ0n) is 9.49. The number of hydrogen-bond donors (Lipinski definition) is 2.